The molecule has 1 aliphatic rings. The van der Waals surface area contributed by atoms with Crippen LogP contribution in [0.25, 0.3) is 0 Å². The summed E-state index contributed by atoms with van der Waals surface area (Å²) in [5.74, 6) is 1.64. The summed E-state index contributed by atoms with van der Waals surface area (Å²) in [5, 5.41) is 0. The SMILES string of the molecule is CCC(CC1COCN1C(C)C)C(C)C. The second-order valence-electron chi connectivity index (χ2n) is 5.41. The van der Waals surface area contributed by atoms with E-state index in [4.69, 9.17) is 4.74 Å². The van der Waals surface area contributed by atoms with E-state index in [9.17, 15) is 0 Å². The Morgan fingerprint density at radius 1 is 1.27 bits per heavy atom. The quantitative estimate of drug-likeness (QED) is 0.695. The topological polar surface area (TPSA) is 12.5 Å². The number of hydrogen-bond acceptors (Lipinski definition) is 2. The van der Waals surface area contributed by atoms with Gasteiger partial charge in [0, 0.05) is 12.1 Å². The van der Waals surface area contributed by atoms with Crippen LogP contribution in [-0.4, -0.2) is 30.3 Å². The van der Waals surface area contributed by atoms with Crippen LogP contribution in [0, 0.1) is 11.8 Å². The van der Waals surface area contributed by atoms with E-state index in [-0.39, 0.29) is 0 Å². The van der Waals surface area contributed by atoms with Crippen LogP contribution in [-0.2, 0) is 4.74 Å². The van der Waals surface area contributed by atoms with Gasteiger partial charge in [0.05, 0.1) is 13.3 Å². The van der Waals surface area contributed by atoms with E-state index in [0.29, 0.717) is 12.1 Å². The lowest BCUT2D eigenvalue weighted by Gasteiger charge is -2.30. The fourth-order valence-corrected chi connectivity index (χ4v) is 2.53. The molecular weight excluding hydrogens is 186 g/mol. The molecule has 0 aromatic rings. The zero-order valence-electron chi connectivity index (χ0n) is 11.0. The van der Waals surface area contributed by atoms with Gasteiger partial charge in [-0.05, 0) is 32.1 Å². The first-order valence-corrected chi connectivity index (χ1v) is 6.39. The molecule has 2 unspecified atom stereocenters. The van der Waals surface area contributed by atoms with Crippen LogP contribution in [0.15, 0.2) is 0 Å². The Morgan fingerprint density at radius 3 is 2.40 bits per heavy atom. The molecule has 0 aliphatic carbocycles. The first kappa shape index (κ1) is 13.0. The van der Waals surface area contributed by atoms with Crippen LogP contribution in [0.1, 0.15) is 47.5 Å². The van der Waals surface area contributed by atoms with Gasteiger partial charge in [0.2, 0.25) is 0 Å². The van der Waals surface area contributed by atoms with Gasteiger partial charge < -0.3 is 4.74 Å². The summed E-state index contributed by atoms with van der Waals surface area (Å²) in [4.78, 5) is 2.49. The molecular formula is C13H27NO. The fourth-order valence-electron chi connectivity index (χ4n) is 2.53. The van der Waals surface area contributed by atoms with Gasteiger partial charge in [-0.15, -0.1) is 0 Å². The molecule has 0 N–H and O–H groups in total. The lowest BCUT2D eigenvalue weighted by Crippen LogP contribution is -2.38. The van der Waals surface area contributed by atoms with Crippen LogP contribution >= 0.6 is 0 Å². The van der Waals surface area contributed by atoms with Crippen LogP contribution in [0.3, 0.4) is 0 Å². The normalized spacial score (nSPS) is 25.4. The summed E-state index contributed by atoms with van der Waals surface area (Å²) in [7, 11) is 0. The minimum Gasteiger partial charge on any atom is -0.364 e. The van der Waals surface area contributed by atoms with Crippen LogP contribution < -0.4 is 0 Å². The highest BCUT2D eigenvalue weighted by atomic mass is 16.5. The summed E-state index contributed by atoms with van der Waals surface area (Å²) in [6, 6.07) is 1.26. The Kier molecular flexibility index (Phi) is 5.07. The molecule has 0 aromatic heterocycles. The van der Waals surface area contributed by atoms with Gasteiger partial charge >= 0.3 is 0 Å². The average Bonchev–Trinajstić information content (AvgIpc) is 2.61. The zero-order chi connectivity index (χ0) is 11.4. The van der Waals surface area contributed by atoms with Crippen molar-refractivity contribution in [3.8, 4) is 0 Å². The largest absolute Gasteiger partial charge is 0.364 e. The molecule has 0 aromatic carbocycles. The van der Waals surface area contributed by atoms with Crippen molar-refractivity contribution in [2.45, 2.75) is 59.5 Å². The Morgan fingerprint density at radius 2 is 1.93 bits per heavy atom. The first-order chi connectivity index (χ1) is 7.06. The summed E-state index contributed by atoms with van der Waals surface area (Å²) in [6.45, 7) is 13.3. The molecule has 2 heteroatoms. The highest BCUT2D eigenvalue weighted by molar-refractivity contribution is 4.80. The predicted octanol–water partition coefficient (Wildman–Crippen LogP) is 3.13. The smallest absolute Gasteiger partial charge is 0.0996 e. The first-order valence-electron chi connectivity index (χ1n) is 6.39. The molecule has 0 spiro atoms. The number of nitrogens with zero attached hydrogens (tertiary/aromatic N) is 1. The fraction of sp³-hybridized carbons (Fsp3) is 1.00. The minimum atomic E-state index is 0.613. The van der Waals surface area contributed by atoms with Crippen molar-refractivity contribution in [2.24, 2.45) is 11.8 Å². The third kappa shape index (κ3) is 3.46. The molecule has 0 amide bonds. The molecule has 90 valence electrons. The minimum absolute atomic E-state index is 0.613. The molecule has 1 rings (SSSR count). The lowest BCUT2D eigenvalue weighted by atomic mass is 9.87. The van der Waals surface area contributed by atoms with Crippen LogP contribution in [0.4, 0.5) is 0 Å². The Labute approximate surface area is 95.0 Å². The molecule has 2 nitrogen and oxygen atoms in total. The van der Waals surface area contributed by atoms with Gasteiger partial charge in [-0.3, -0.25) is 4.90 Å². The van der Waals surface area contributed by atoms with Crippen molar-refractivity contribution < 1.29 is 4.74 Å². The lowest BCUT2D eigenvalue weighted by molar-refractivity contribution is 0.113. The van der Waals surface area contributed by atoms with E-state index in [1.165, 1.54) is 12.8 Å². The summed E-state index contributed by atoms with van der Waals surface area (Å²) >= 11 is 0. The van der Waals surface area contributed by atoms with Gasteiger partial charge in [0.15, 0.2) is 0 Å². The van der Waals surface area contributed by atoms with Crippen molar-refractivity contribution in [3.05, 3.63) is 0 Å². The third-order valence-corrected chi connectivity index (χ3v) is 3.72. The van der Waals surface area contributed by atoms with Crippen LogP contribution in [0.5, 0.6) is 0 Å². The molecule has 1 fully saturated rings. The van der Waals surface area contributed by atoms with Crippen molar-refractivity contribution in [3.63, 3.8) is 0 Å². The number of hydrogen-bond donors (Lipinski definition) is 0. The Balaban J connectivity index is 2.48. The Hall–Kier alpha value is -0.0800. The van der Waals surface area contributed by atoms with Gasteiger partial charge in [0.25, 0.3) is 0 Å². The highest BCUT2D eigenvalue weighted by Gasteiger charge is 2.29. The molecule has 1 saturated heterocycles. The second kappa shape index (κ2) is 5.86. The van der Waals surface area contributed by atoms with Gasteiger partial charge in [0.1, 0.15) is 0 Å². The maximum atomic E-state index is 5.58. The van der Waals surface area contributed by atoms with Gasteiger partial charge in [-0.25, -0.2) is 0 Å². The van der Waals surface area contributed by atoms with Crippen LogP contribution in [0.2, 0.25) is 0 Å². The molecule has 15 heavy (non-hydrogen) atoms. The molecule has 0 bridgehead atoms. The van der Waals surface area contributed by atoms with E-state index in [0.717, 1.165) is 25.2 Å². The maximum Gasteiger partial charge on any atom is 0.0996 e. The van der Waals surface area contributed by atoms with Gasteiger partial charge in [-0.1, -0.05) is 27.2 Å². The van der Waals surface area contributed by atoms with Crippen molar-refractivity contribution >= 4 is 0 Å². The summed E-state index contributed by atoms with van der Waals surface area (Å²) in [5.41, 5.74) is 0. The van der Waals surface area contributed by atoms with Gasteiger partial charge in [-0.2, -0.15) is 0 Å². The van der Waals surface area contributed by atoms with Crippen molar-refractivity contribution in [1.29, 1.82) is 0 Å². The summed E-state index contributed by atoms with van der Waals surface area (Å²) in [6.07, 6.45) is 2.59. The average molecular weight is 213 g/mol. The van der Waals surface area contributed by atoms with E-state index in [1.807, 2.05) is 0 Å². The van der Waals surface area contributed by atoms with E-state index in [2.05, 4.69) is 39.5 Å². The van der Waals surface area contributed by atoms with E-state index in [1.54, 1.807) is 0 Å². The number of ether oxygens (including phenoxy) is 1. The summed E-state index contributed by atoms with van der Waals surface area (Å²) < 4.78 is 5.58. The molecule has 2 atom stereocenters. The van der Waals surface area contributed by atoms with Crippen molar-refractivity contribution in [2.75, 3.05) is 13.3 Å². The Bertz CT molecular complexity index is 179. The standard InChI is InChI=1S/C13H27NO/c1-6-12(10(2)3)7-13-8-15-9-14(13)11(4)5/h10-13H,6-9H2,1-5H3. The van der Waals surface area contributed by atoms with Crippen molar-refractivity contribution in [1.82, 2.24) is 4.90 Å². The zero-order valence-corrected chi connectivity index (χ0v) is 11.0. The van der Waals surface area contributed by atoms with E-state index < -0.39 is 0 Å². The third-order valence-electron chi connectivity index (χ3n) is 3.72. The molecule has 0 radical (unpaired) electrons. The maximum absolute atomic E-state index is 5.58. The molecule has 0 saturated carbocycles. The number of rotatable bonds is 5. The highest BCUT2D eigenvalue weighted by Crippen LogP contribution is 2.26. The molecule has 1 heterocycles. The van der Waals surface area contributed by atoms with E-state index >= 15 is 0 Å². The second-order valence-corrected chi connectivity index (χ2v) is 5.41. The monoisotopic (exact) mass is 213 g/mol. The molecule has 1 aliphatic heterocycles. The predicted molar refractivity (Wildman–Crippen MR) is 64.8 cm³/mol.